The van der Waals surface area contributed by atoms with E-state index in [2.05, 4.69) is 50.9 Å². The van der Waals surface area contributed by atoms with Crippen LogP contribution in [0.2, 0.25) is 0 Å². The van der Waals surface area contributed by atoms with Crippen molar-refractivity contribution in [1.82, 2.24) is 9.34 Å². The van der Waals surface area contributed by atoms with Crippen molar-refractivity contribution < 1.29 is 0 Å². The molecule has 0 N–H and O–H groups in total. The van der Waals surface area contributed by atoms with E-state index in [1.54, 1.807) is 0 Å². The molecule has 16 heavy (non-hydrogen) atoms. The molecule has 1 unspecified atom stereocenters. The zero-order chi connectivity index (χ0) is 12.6. The second-order valence-corrected chi connectivity index (χ2v) is 6.30. The Bertz CT molecular complexity index is 167. The van der Waals surface area contributed by atoms with Crippen LogP contribution in [0.4, 0.5) is 0 Å². The number of nitrogens with zero attached hydrogens (tertiary/aromatic N) is 2. The Morgan fingerprint density at radius 3 is 1.88 bits per heavy atom. The Balaban J connectivity index is 4.33. The van der Waals surface area contributed by atoms with Crippen LogP contribution in [0.25, 0.3) is 0 Å². The highest BCUT2D eigenvalue weighted by Gasteiger charge is 2.25. The van der Waals surface area contributed by atoms with Gasteiger partial charge in [-0.2, -0.15) is 0 Å². The standard InChI is InChI=1S/C13H31N2P/c1-7-11-12-13(5,6)15(10-4)16-14(8-2)9-3/h16H,7-12H2,1-6H3. The molecular weight excluding hydrogens is 215 g/mol. The predicted octanol–water partition coefficient (Wildman–Crippen LogP) is 4.13. The summed E-state index contributed by atoms with van der Waals surface area (Å²) in [5.74, 6) is 0. The van der Waals surface area contributed by atoms with Gasteiger partial charge in [0.15, 0.2) is 0 Å². The van der Waals surface area contributed by atoms with Crippen molar-refractivity contribution >= 4 is 8.88 Å². The molecule has 0 saturated carbocycles. The molecule has 98 valence electrons. The topological polar surface area (TPSA) is 6.48 Å². The van der Waals surface area contributed by atoms with Crippen LogP contribution in [0.1, 0.15) is 60.8 Å². The van der Waals surface area contributed by atoms with Crippen molar-refractivity contribution in [3.63, 3.8) is 0 Å². The molecule has 2 nitrogen and oxygen atoms in total. The molecule has 0 radical (unpaired) electrons. The van der Waals surface area contributed by atoms with Gasteiger partial charge in [0.05, 0.1) is 0 Å². The van der Waals surface area contributed by atoms with Gasteiger partial charge in [0, 0.05) is 34.1 Å². The minimum absolute atomic E-state index is 0.353. The van der Waals surface area contributed by atoms with E-state index in [1.807, 2.05) is 0 Å². The molecule has 1 atom stereocenters. The first-order chi connectivity index (χ1) is 7.51. The molecule has 0 aromatic heterocycles. The minimum Gasteiger partial charge on any atom is -0.273 e. The van der Waals surface area contributed by atoms with Crippen LogP contribution in [-0.4, -0.2) is 34.5 Å². The van der Waals surface area contributed by atoms with Crippen LogP contribution in [0.3, 0.4) is 0 Å². The van der Waals surface area contributed by atoms with Gasteiger partial charge in [0.1, 0.15) is 0 Å². The van der Waals surface area contributed by atoms with E-state index >= 15 is 0 Å². The lowest BCUT2D eigenvalue weighted by molar-refractivity contribution is 0.220. The first-order valence-corrected chi connectivity index (χ1v) is 7.70. The number of rotatable bonds is 9. The summed E-state index contributed by atoms with van der Waals surface area (Å²) < 4.78 is 5.16. The van der Waals surface area contributed by atoms with Gasteiger partial charge in [-0.3, -0.25) is 9.34 Å². The Kier molecular flexibility index (Phi) is 8.63. The number of unbranched alkanes of at least 4 members (excludes halogenated alkanes) is 1. The van der Waals surface area contributed by atoms with Gasteiger partial charge < -0.3 is 0 Å². The van der Waals surface area contributed by atoms with Crippen molar-refractivity contribution in [3.8, 4) is 0 Å². The Hall–Kier alpha value is 0.350. The molecule has 3 heteroatoms. The maximum absolute atomic E-state index is 2.63. The molecule has 0 saturated heterocycles. The van der Waals surface area contributed by atoms with Crippen molar-refractivity contribution in [2.75, 3.05) is 19.6 Å². The van der Waals surface area contributed by atoms with Gasteiger partial charge in [0.2, 0.25) is 0 Å². The van der Waals surface area contributed by atoms with Crippen LogP contribution in [0, 0.1) is 0 Å². The summed E-state index contributed by atoms with van der Waals surface area (Å²) >= 11 is 0. The molecule has 0 aliphatic rings. The molecule has 0 fully saturated rings. The monoisotopic (exact) mass is 246 g/mol. The highest BCUT2D eigenvalue weighted by Crippen LogP contribution is 2.34. The van der Waals surface area contributed by atoms with Crippen molar-refractivity contribution in [3.05, 3.63) is 0 Å². The lowest BCUT2D eigenvalue weighted by Gasteiger charge is -2.40. The third kappa shape index (κ3) is 5.61. The normalized spacial score (nSPS) is 13.5. The molecule has 0 bridgehead atoms. The Labute approximate surface area is 105 Å². The smallest absolute Gasteiger partial charge is 0.0244 e. The summed E-state index contributed by atoms with van der Waals surface area (Å²) in [4.78, 5) is 0. The molecule has 0 rings (SSSR count). The second-order valence-electron chi connectivity index (χ2n) is 4.93. The zero-order valence-corrected chi connectivity index (χ0v) is 13.1. The Morgan fingerprint density at radius 1 is 0.938 bits per heavy atom. The summed E-state index contributed by atoms with van der Waals surface area (Å²) in [6, 6.07) is 0. The van der Waals surface area contributed by atoms with Gasteiger partial charge in [-0.15, -0.1) is 0 Å². The van der Waals surface area contributed by atoms with Crippen LogP contribution < -0.4 is 0 Å². The van der Waals surface area contributed by atoms with Gasteiger partial charge in [0.25, 0.3) is 0 Å². The summed E-state index contributed by atoms with van der Waals surface area (Å²) in [6.07, 6.45) is 3.95. The maximum Gasteiger partial charge on any atom is 0.0244 e. The van der Waals surface area contributed by atoms with Crippen LogP contribution in [0.5, 0.6) is 0 Å². The zero-order valence-electron chi connectivity index (χ0n) is 12.1. The molecule has 0 spiro atoms. The summed E-state index contributed by atoms with van der Waals surface area (Å²) in [6.45, 7) is 17.3. The molecule has 0 heterocycles. The molecule has 0 aromatic rings. The quantitative estimate of drug-likeness (QED) is 0.564. The van der Waals surface area contributed by atoms with E-state index in [0.717, 1.165) is 28.5 Å². The lowest BCUT2D eigenvalue weighted by atomic mass is 9.97. The molecule has 0 aromatic carbocycles. The van der Waals surface area contributed by atoms with Crippen LogP contribution in [-0.2, 0) is 0 Å². The minimum atomic E-state index is 0.353. The second kappa shape index (κ2) is 8.44. The average Bonchev–Trinajstić information content (AvgIpc) is 2.28. The fraction of sp³-hybridized carbons (Fsp3) is 1.00. The van der Waals surface area contributed by atoms with Crippen molar-refractivity contribution in [2.45, 2.75) is 66.3 Å². The van der Waals surface area contributed by atoms with E-state index in [0.29, 0.717) is 5.54 Å². The summed E-state index contributed by atoms with van der Waals surface area (Å²) in [5, 5.41) is 0. The third-order valence-electron chi connectivity index (χ3n) is 3.21. The summed E-state index contributed by atoms with van der Waals surface area (Å²) in [7, 11) is 0.844. The molecular formula is C13H31N2P. The number of hydrogen-bond donors (Lipinski definition) is 0. The average molecular weight is 246 g/mol. The van der Waals surface area contributed by atoms with Gasteiger partial charge in [-0.1, -0.05) is 40.5 Å². The molecule has 0 aliphatic carbocycles. The fourth-order valence-corrected chi connectivity index (χ4v) is 3.06. The van der Waals surface area contributed by atoms with Crippen molar-refractivity contribution in [1.29, 1.82) is 0 Å². The van der Waals surface area contributed by atoms with Gasteiger partial charge in [-0.25, -0.2) is 0 Å². The first kappa shape index (κ1) is 16.4. The van der Waals surface area contributed by atoms with Crippen molar-refractivity contribution in [2.24, 2.45) is 0 Å². The Morgan fingerprint density at radius 2 is 1.50 bits per heavy atom. The largest absolute Gasteiger partial charge is 0.273 e. The van der Waals surface area contributed by atoms with Crippen LogP contribution >= 0.6 is 8.88 Å². The van der Waals surface area contributed by atoms with E-state index in [1.165, 1.54) is 19.3 Å². The molecule has 0 amide bonds. The number of hydrogen-bond acceptors (Lipinski definition) is 2. The van der Waals surface area contributed by atoms with E-state index < -0.39 is 0 Å². The van der Waals surface area contributed by atoms with Gasteiger partial charge >= 0.3 is 0 Å². The van der Waals surface area contributed by atoms with Crippen LogP contribution in [0.15, 0.2) is 0 Å². The van der Waals surface area contributed by atoms with E-state index in [4.69, 9.17) is 0 Å². The van der Waals surface area contributed by atoms with E-state index in [9.17, 15) is 0 Å². The summed E-state index contributed by atoms with van der Waals surface area (Å²) in [5.41, 5.74) is 0.353. The predicted molar refractivity (Wildman–Crippen MR) is 77.2 cm³/mol. The first-order valence-electron chi connectivity index (χ1n) is 6.80. The fourth-order valence-electron chi connectivity index (χ4n) is 1.91. The van der Waals surface area contributed by atoms with E-state index in [-0.39, 0.29) is 0 Å². The maximum atomic E-state index is 2.63. The highest BCUT2D eigenvalue weighted by molar-refractivity contribution is 7.32. The lowest BCUT2D eigenvalue weighted by Crippen LogP contribution is -2.40. The third-order valence-corrected chi connectivity index (χ3v) is 5.29. The molecule has 0 aliphatic heterocycles. The SMILES string of the molecule is CCCCC(C)(C)N(CC)PN(CC)CC. The van der Waals surface area contributed by atoms with Gasteiger partial charge in [-0.05, 0) is 20.3 Å². The highest BCUT2D eigenvalue weighted by atomic mass is 31.1.